The summed E-state index contributed by atoms with van der Waals surface area (Å²) in [6.45, 7) is 4.45. The van der Waals surface area contributed by atoms with Crippen molar-refractivity contribution in [2.75, 3.05) is 10.6 Å². The Morgan fingerprint density at radius 1 is 1.07 bits per heavy atom. The molecule has 0 unspecified atom stereocenters. The zero-order chi connectivity index (χ0) is 19.9. The number of para-hydroxylation sites is 1. The predicted molar refractivity (Wildman–Crippen MR) is 111 cm³/mol. The standard InChI is InChI=1S/C21H23N5O2/c1-3-15(2)23-21-24-18(16-9-5-4-6-10-16)13-20(25-21)22-14-17-11-7-8-12-19(17)26(27)28/h4-13,15H,3,14H2,1-2H3,(H2,22,23,24,25)/t15-/m1/s1. The topological polar surface area (TPSA) is 93.0 Å². The van der Waals surface area contributed by atoms with Crippen molar-refractivity contribution in [3.05, 3.63) is 76.3 Å². The number of hydrogen-bond donors (Lipinski definition) is 2. The van der Waals surface area contributed by atoms with Crippen molar-refractivity contribution in [1.82, 2.24) is 9.97 Å². The molecule has 2 N–H and O–H groups in total. The summed E-state index contributed by atoms with van der Waals surface area (Å²) in [6, 6.07) is 18.6. The van der Waals surface area contributed by atoms with Crippen molar-refractivity contribution in [3.63, 3.8) is 0 Å². The van der Waals surface area contributed by atoms with Crippen LogP contribution >= 0.6 is 0 Å². The number of benzene rings is 2. The lowest BCUT2D eigenvalue weighted by atomic mass is 10.1. The molecule has 1 atom stereocenters. The third-order valence-corrected chi connectivity index (χ3v) is 4.43. The van der Waals surface area contributed by atoms with Crippen LogP contribution in [-0.4, -0.2) is 20.9 Å². The zero-order valence-electron chi connectivity index (χ0n) is 15.9. The molecule has 1 heterocycles. The summed E-state index contributed by atoms with van der Waals surface area (Å²) in [5.74, 6) is 1.14. The summed E-state index contributed by atoms with van der Waals surface area (Å²) in [5, 5.41) is 17.7. The number of nitrogens with one attached hydrogen (secondary N) is 2. The van der Waals surface area contributed by atoms with Crippen molar-refractivity contribution >= 4 is 17.5 Å². The Labute approximate surface area is 164 Å². The van der Waals surface area contributed by atoms with Crippen LogP contribution in [0.5, 0.6) is 0 Å². The monoisotopic (exact) mass is 377 g/mol. The maximum atomic E-state index is 11.2. The zero-order valence-corrected chi connectivity index (χ0v) is 15.9. The van der Waals surface area contributed by atoms with Crippen molar-refractivity contribution in [2.45, 2.75) is 32.9 Å². The number of anilines is 2. The normalized spacial score (nSPS) is 11.6. The first-order chi connectivity index (χ1) is 13.6. The van der Waals surface area contributed by atoms with Crippen molar-refractivity contribution in [3.8, 4) is 11.3 Å². The van der Waals surface area contributed by atoms with Crippen LogP contribution in [0.2, 0.25) is 0 Å². The molecular weight excluding hydrogens is 354 g/mol. The lowest BCUT2D eigenvalue weighted by molar-refractivity contribution is -0.385. The molecule has 0 aliphatic rings. The Kier molecular flexibility index (Phi) is 6.16. The van der Waals surface area contributed by atoms with E-state index in [9.17, 15) is 10.1 Å². The van der Waals surface area contributed by atoms with Gasteiger partial charge in [-0.05, 0) is 13.3 Å². The average Bonchev–Trinajstić information content (AvgIpc) is 2.72. The molecular formula is C21H23N5O2. The number of nitrogens with zero attached hydrogens (tertiary/aromatic N) is 3. The molecule has 7 nitrogen and oxygen atoms in total. The molecule has 7 heteroatoms. The van der Waals surface area contributed by atoms with E-state index in [1.54, 1.807) is 18.2 Å². The second-order valence-electron chi connectivity index (χ2n) is 6.52. The lowest BCUT2D eigenvalue weighted by Crippen LogP contribution is -2.16. The molecule has 0 aliphatic carbocycles. The number of aromatic nitrogens is 2. The number of nitro benzene ring substituents is 1. The first-order valence-electron chi connectivity index (χ1n) is 9.24. The number of hydrogen-bond acceptors (Lipinski definition) is 6. The number of rotatable bonds is 8. The lowest BCUT2D eigenvalue weighted by Gasteiger charge is -2.14. The van der Waals surface area contributed by atoms with Crippen molar-refractivity contribution < 1.29 is 4.92 Å². The molecule has 0 bridgehead atoms. The van der Waals surface area contributed by atoms with E-state index in [-0.39, 0.29) is 16.7 Å². The van der Waals surface area contributed by atoms with Gasteiger partial charge in [0, 0.05) is 35.8 Å². The van der Waals surface area contributed by atoms with Gasteiger partial charge in [-0.25, -0.2) is 4.98 Å². The van der Waals surface area contributed by atoms with Crippen LogP contribution in [0.25, 0.3) is 11.3 Å². The van der Waals surface area contributed by atoms with Gasteiger partial charge in [0.1, 0.15) is 5.82 Å². The quantitative estimate of drug-likeness (QED) is 0.429. The minimum atomic E-state index is -0.373. The molecule has 1 aromatic heterocycles. The van der Waals surface area contributed by atoms with Crippen molar-refractivity contribution in [2.24, 2.45) is 0 Å². The van der Waals surface area contributed by atoms with Gasteiger partial charge < -0.3 is 10.6 Å². The molecule has 0 saturated carbocycles. The third kappa shape index (κ3) is 4.82. The molecule has 0 fully saturated rings. The highest BCUT2D eigenvalue weighted by Crippen LogP contribution is 2.23. The third-order valence-electron chi connectivity index (χ3n) is 4.43. The summed E-state index contributed by atoms with van der Waals surface area (Å²) in [6.07, 6.45) is 0.942. The van der Waals surface area contributed by atoms with Gasteiger partial charge >= 0.3 is 0 Å². The summed E-state index contributed by atoms with van der Waals surface area (Å²) in [4.78, 5) is 20.0. The SMILES string of the molecule is CC[C@@H](C)Nc1nc(NCc2ccccc2[N+](=O)[O-])cc(-c2ccccc2)n1. The second-order valence-corrected chi connectivity index (χ2v) is 6.52. The van der Waals surface area contributed by atoms with Crippen LogP contribution in [0.1, 0.15) is 25.8 Å². The van der Waals surface area contributed by atoms with Crippen molar-refractivity contribution in [1.29, 1.82) is 0 Å². The fourth-order valence-electron chi connectivity index (χ4n) is 2.71. The Morgan fingerprint density at radius 3 is 2.50 bits per heavy atom. The Morgan fingerprint density at radius 2 is 1.79 bits per heavy atom. The molecule has 0 saturated heterocycles. The predicted octanol–water partition coefficient (Wildman–Crippen LogP) is 4.87. The van der Waals surface area contributed by atoms with Gasteiger partial charge in [-0.15, -0.1) is 0 Å². The first kappa shape index (κ1) is 19.3. The minimum absolute atomic E-state index is 0.0882. The van der Waals surface area contributed by atoms with Crippen LogP contribution in [0.3, 0.4) is 0 Å². The van der Waals surface area contributed by atoms with Crippen LogP contribution in [-0.2, 0) is 6.54 Å². The smallest absolute Gasteiger partial charge is 0.274 e. The van der Waals surface area contributed by atoms with Gasteiger partial charge in [-0.1, -0.05) is 55.5 Å². The van der Waals surface area contributed by atoms with E-state index in [1.165, 1.54) is 6.07 Å². The largest absolute Gasteiger partial charge is 0.366 e. The molecule has 2 aromatic carbocycles. The highest BCUT2D eigenvalue weighted by Gasteiger charge is 2.13. The van der Waals surface area contributed by atoms with E-state index in [0.29, 0.717) is 23.9 Å². The minimum Gasteiger partial charge on any atom is -0.366 e. The summed E-state index contributed by atoms with van der Waals surface area (Å²) in [7, 11) is 0. The van der Waals surface area contributed by atoms with E-state index in [4.69, 9.17) is 0 Å². The van der Waals surface area contributed by atoms with E-state index in [0.717, 1.165) is 17.7 Å². The van der Waals surface area contributed by atoms with E-state index in [2.05, 4.69) is 34.4 Å². The maximum absolute atomic E-state index is 11.2. The van der Waals surface area contributed by atoms with Gasteiger partial charge in [0.15, 0.2) is 0 Å². The molecule has 28 heavy (non-hydrogen) atoms. The van der Waals surface area contributed by atoms with Crippen LogP contribution in [0.4, 0.5) is 17.5 Å². The second kappa shape index (κ2) is 8.94. The number of nitro groups is 1. The van der Waals surface area contributed by atoms with Gasteiger partial charge in [0.25, 0.3) is 5.69 Å². The molecule has 3 aromatic rings. The van der Waals surface area contributed by atoms with Crippen LogP contribution in [0, 0.1) is 10.1 Å². The molecule has 0 spiro atoms. The Balaban J connectivity index is 1.89. The van der Waals surface area contributed by atoms with Gasteiger partial charge in [0.2, 0.25) is 5.95 Å². The Hall–Kier alpha value is -3.48. The molecule has 3 rings (SSSR count). The highest BCUT2D eigenvalue weighted by molar-refractivity contribution is 5.64. The van der Waals surface area contributed by atoms with Crippen LogP contribution < -0.4 is 10.6 Å². The van der Waals surface area contributed by atoms with E-state index in [1.807, 2.05) is 36.4 Å². The average molecular weight is 377 g/mol. The molecule has 0 radical (unpaired) electrons. The fraction of sp³-hybridized carbons (Fsp3) is 0.238. The van der Waals surface area contributed by atoms with Gasteiger partial charge in [-0.3, -0.25) is 10.1 Å². The fourth-order valence-corrected chi connectivity index (χ4v) is 2.71. The van der Waals surface area contributed by atoms with E-state index >= 15 is 0 Å². The molecule has 0 amide bonds. The van der Waals surface area contributed by atoms with E-state index < -0.39 is 0 Å². The summed E-state index contributed by atoms with van der Waals surface area (Å²) >= 11 is 0. The van der Waals surface area contributed by atoms with Gasteiger partial charge in [-0.2, -0.15) is 4.98 Å². The summed E-state index contributed by atoms with van der Waals surface area (Å²) in [5.41, 5.74) is 2.45. The molecule has 144 valence electrons. The molecule has 0 aliphatic heterocycles. The maximum Gasteiger partial charge on any atom is 0.274 e. The van der Waals surface area contributed by atoms with Crippen LogP contribution in [0.15, 0.2) is 60.7 Å². The summed E-state index contributed by atoms with van der Waals surface area (Å²) < 4.78 is 0. The first-order valence-corrected chi connectivity index (χ1v) is 9.24. The highest BCUT2D eigenvalue weighted by atomic mass is 16.6. The Bertz CT molecular complexity index is 947. The van der Waals surface area contributed by atoms with Gasteiger partial charge in [0.05, 0.1) is 10.6 Å².